The average Bonchev–Trinajstić information content (AvgIpc) is 2.74. The summed E-state index contributed by atoms with van der Waals surface area (Å²) in [4.78, 5) is 27.3. The van der Waals surface area contributed by atoms with Crippen molar-refractivity contribution in [3.8, 4) is 0 Å². The highest BCUT2D eigenvalue weighted by Gasteiger charge is 2.30. The van der Waals surface area contributed by atoms with Crippen molar-refractivity contribution in [1.29, 1.82) is 0 Å². The Kier molecular flexibility index (Phi) is 9.09. The van der Waals surface area contributed by atoms with Gasteiger partial charge in [-0.1, -0.05) is 48.9 Å². The topological polar surface area (TPSA) is 86.8 Å². The minimum Gasteiger partial charge on any atom is -0.355 e. The number of anilines is 1. The Bertz CT molecular complexity index is 1060. The second kappa shape index (κ2) is 11.3. The molecule has 9 heteroatoms. The van der Waals surface area contributed by atoms with Gasteiger partial charge in [0, 0.05) is 18.1 Å². The highest BCUT2D eigenvalue weighted by atomic mass is 35.5. The number of halogens is 1. The Balaban J connectivity index is 2.42. The SMILES string of the molecule is CCNC(=O)[C@H](C)N(Cc1cccc(Cl)c1)C(=O)CN(c1ccccc1CC)S(C)(=O)=O. The molecule has 0 saturated heterocycles. The van der Waals surface area contributed by atoms with E-state index >= 15 is 0 Å². The van der Waals surface area contributed by atoms with Gasteiger partial charge >= 0.3 is 0 Å². The molecule has 1 N–H and O–H groups in total. The zero-order valence-corrected chi connectivity index (χ0v) is 20.4. The van der Waals surface area contributed by atoms with Crippen LogP contribution >= 0.6 is 11.6 Å². The van der Waals surface area contributed by atoms with E-state index in [0.717, 1.165) is 21.7 Å². The molecule has 2 aromatic rings. The molecule has 0 aromatic heterocycles. The van der Waals surface area contributed by atoms with E-state index < -0.39 is 28.5 Å². The number of aryl methyl sites for hydroxylation is 1. The summed E-state index contributed by atoms with van der Waals surface area (Å²) in [6.07, 6.45) is 1.68. The zero-order valence-electron chi connectivity index (χ0n) is 18.8. The van der Waals surface area contributed by atoms with Crippen molar-refractivity contribution in [2.45, 2.75) is 39.8 Å². The van der Waals surface area contributed by atoms with Crippen LogP contribution in [-0.2, 0) is 32.6 Å². The number of likely N-dealkylation sites (N-methyl/N-ethyl adjacent to an activating group) is 1. The van der Waals surface area contributed by atoms with Crippen LogP contribution in [0.2, 0.25) is 5.02 Å². The molecule has 0 aliphatic carbocycles. The first-order chi connectivity index (χ1) is 15.1. The molecule has 2 amide bonds. The van der Waals surface area contributed by atoms with Crippen LogP contribution in [0.4, 0.5) is 5.69 Å². The number of rotatable bonds is 10. The predicted octanol–water partition coefficient (Wildman–Crippen LogP) is 3.22. The fourth-order valence-corrected chi connectivity index (χ4v) is 4.48. The van der Waals surface area contributed by atoms with Crippen molar-refractivity contribution in [3.63, 3.8) is 0 Å². The normalized spacial score (nSPS) is 12.2. The molecule has 0 fully saturated rings. The fraction of sp³-hybridized carbons (Fsp3) is 0.391. The molecule has 0 unspecified atom stereocenters. The molecule has 174 valence electrons. The number of carbonyl (C=O) groups excluding carboxylic acids is 2. The van der Waals surface area contributed by atoms with E-state index in [1.165, 1.54) is 4.90 Å². The summed E-state index contributed by atoms with van der Waals surface area (Å²) in [7, 11) is -3.75. The third kappa shape index (κ3) is 6.71. The van der Waals surface area contributed by atoms with Gasteiger partial charge in [0.05, 0.1) is 11.9 Å². The van der Waals surface area contributed by atoms with E-state index in [1.54, 1.807) is 50.2 Å². The van der Waals surface area contributed by atoms with E-state index in [0.29, 0.717) is 23.7 Å². The molecule has 0 bridgehead atoms. The Morgan fingerprint density at radius 1 is 1.09 bits per heavy atom. The summed E-state index contributed by atoms with van der Waals surface area (Å²) in [5.74, 6) is -0.803. The van der Waals surface area contributed by atoms with Crippen LogP contribution < -0.4 is 9.62 Å². The molecule has 1 atom stereocenters. The van der Waals surface area contributed by atoms with E-state index in [-0.39, 0.29) is 12.5 Å². The third-order valence-electron chi connectivity index (χ3n) is 5.08. The Hall–Kier alpha value is -2.58. The minimum atomic E-state index is -3.75. The number of nitrogens with one attached hydrogen (secondary N) is 1. The minimum absolute atomic E-state index is 0.116. The zero-order chi connectivity index (χ0) is 23.9. The summed E-state index contributed by atoms with van der Waals surface area (Å²) in [5, 5.41) is 3.23. The third-order valence-corrected chi connectivity index (χ3v) is 6.44. The number of hydrogen-bond donors (Lipinski definition) is 1. The molecule has 0 saturated carbocycles. The van der Waals surface area contributed by atoms with Crippen LogP contribution in [0.25, 0.3) is 0 Å². The van der Waals surface area contributed by atoms with Crippen molar-refractivity contribution in [2.75, 3.05) is 23.7 Å². The number of hydrogen-bond acceptors (Lipinski definition) is 4. The standard InChI is InChI=1S/C23H30ClN3O4S/c1-5-19-11-7-8-13-21(19)27(32(4,30)31)16-22(28)26(17(3)23(29)25-6-2)15-18-10-9-12-20(24)14-18/h7-14,17H,5-6,15-16H2,1-4H3,(H,25,29)/t17-/m0/s1. The molecular weight excluding hydrogens is 450 g/mol. The quantitative estimate of drug-likeness (QED) is 0.566. The van der Waals surface area contributed by atoms with Crippen molar-refractivity contribution < 1.29 is 18.0 Å². The van der Waals surface area contributed by atoms with E-state index in [1.807, 2.05) is 19.1 Å². The second-order valence-corrected chi connectivity index (χ2v) is 9.82. The smallest absolute Gasteiger partial charge is 0.244 e. The number of amides is 2. The molecule has 0 heterocycles. The number of para-hydroxylation sites is 1. The van der Waals surface area contributed by atoms with E-state index in [9.17, 15) is 18.0 Å². The first-order valence-corrected chi connectivity index (χ1v) is 12.7. The fourth-order valence-electron chi connectivity index (χ4n) is 3.38. The van der Waals surface area contributed by atoms with Gasteiger partial charge in [-0.05, 0) is 49.6 Å². The van der Waals surface area contributed by atoms with E-state index in [4.69, 9.17) is 11.6 Å². The van der Waals surface area contributed by atoms with Crippen LogP contribution in [0.5, 0.6) is 0 Å². The lowest BCUT2D eigenvalue weighted by molar-refractivity contribution is -0.139. The summed E-state index contributed by atoms with van der Waals surface area (Å²) < 4.78 is 26.4. The molecular formula is C23H30ClN3O4S. The van der Waals surface area contributed by atoms with Crippen molar-refractivity contribution in [3.05, 3.63) is 64.7 Å². The van der Waals surface area contributed by atoms with Gasteiger partial charge in [0.25, 0.3) is 0 Å². The lowest BCUT2D eigenvalue weighted by Crippen LogP contribution is -2.51. The summed E-state index contributed by atoms with van der Waals surface area (Å²) >= 11 is 6.09. The van der Waals surface area contributed by atoms with Gasteiger partial charge in [0.1, 0.15) is 12.6 Å². The van der Waals surface area contributed by atoms with Crippen LogP contribution in [0.15, 0.2) is 48.5 Å². The summed E-state index contributed by atoms with van der Waals surface area (Å²) in [6.45, 7) is 5.45. The molecule has 7 nitrogen and oxygen atoms in total. The van der Waals surface area contributed by atoms with Gasteiger partial charge in [-0.3, -0.25) is 13.9 Å². The summed E-state index contributed by atoms with van der Waals surface area (Å²) in [5.41, 5.74) is 2.00. The molecule has 0 aliphatic heterocycles. The molecule has 32 heavy (non-hydrogen) atoms. The van der Waals surface area contributed by atoms with Gasteiger partial charge in [-0.15, -0.1) is 0 Å². The molecule has 2 rings (SSSR count). The van der Waals surface area contributed by atoms with E-state index in [2.05, 4.69) is 5.32 Å². The Labute approximate surface area is 195 Å². The van der Waals surface area contributed by atoms with Gasteiger partial charge in [-0.2, -0.15) is 0 Å². The van der Waals surface area contributed by atoms with Crippen molar-refractivity contribution >= 4 is 39.1 Å². The maximum atomic E-state index is 13.4. The number of sulfonamides is 1. The van der Waals surface area contributed by atoms with Crippen molar-refractivity contribution in [1.82, 2.24) is 10.2 Å². The Morgan fingerprint density at radius 3 is 2.38 bits per heavy atom. The highest BCUT2D eigenvalue weighted by molar-refractivity contribution is 7.92. The molecule has 0 spiro atoms. The maximum Gasteiger partial charge on any atom is 0.244 e. The maximum absolute atomic E-state index is 13.4. The largest absolute Gasteiger partial charge is 0.355 e. The molecule has 0 aliphatic rings. The molecule has 0 radical (unpaired) electrons. The first kappa shape index (κ1) is 25.7. The van der Waals surface area contributed by atoms with Gasteiger partial charge in [-0.25, -0.2) is 8.42 Å². The molecule has 2 aromatic carbocycles. The van der Waals surface area contributed by atoms with Crippen LogP contribution in [0.1, 0.15) is 31.9 Å². The Morgan fingerprint density at radius 2 is 1.78 bits per heavy atom. The lowest BCUT2D eigenvalue weighted by atomic mass is 10.1. The highest BCUT2D eigenvalue weighted by Crippen LogP contribution is 2.24. The first-order valence-electron chi connectivity index (χ1n) is 10.5. The predicted molar refractivity (Wildman–Crippen MR) is 128 cm³/mol. The second-order valence-electron chi connectivity index (χ2n) is 7.47. The number of carbonyl (C=O) groups is 2. The monoisotopic (exact) mass is 479 g/mol. The van der Waals surface area contributed by atoms with Crippen LogP contribution in [0.3, 0.4) is 0 Å². The van der Waals surface area contributed by atoms with Crippen LogP contribution in [0, 0.1) is 0 Å². The van der Waals surface area contributed by atoms with Gasteiger partial charge < -0.3 is 10.2 Å². The van der Waals surface area contributed by atoms with Gasteiger partial charge in [0.15, 0.2) is 0 Å². The van der Waals surface area contributed by atoms with Crippen molar-refractivity contribution in [2.24, 2.45) is 0 Å². The van der Waals surface area contributed by atoms with Crippen LogP contribution in [-0.4, -0.2) is 50.5 Å². The number of nitrogens with zero attached hydrogens (tertiary/aromatic N) is 2. The summed E-state index contributed by atoms with van der Waals surface area (Å²) in [6, 6.07) is 13.3. The lowest BCUT2D eigenvalue weighted by Gasteiger charge is -2.32. The van der Waals surface area contributed by atoms with Gasteiger partial charge in [0.2, 0.25) is 21.8 Å². The number of benzene rings is 2. The average molecular weight is 480 g/mol.